The highest BCUT2D eigenvalue weighted by atomic mass is 32.2. The Labute approximate surface area is 154 Å². The first-order valence-corrected chi connectivity index (χ1v) is 9.92. The molecule has 27 heavy (non-hydrogen) atoms. The lowest BCUT2D eigenvalue weighted by atomic mass is 9.96. The molecule has 0 unspecified atom stereocenters. The number of hydrogen-bond acceptors (Lipinski definition) is 6. The third-order valence-electron chi connectivity index (χ3n) is 5.27. The van der Waals surface area contributed by atoms with E-state index in [1.165, 1.54) is 11.6 Å². The predicted molar refractivity (Wildman–Crippen MR) is 85.9 cm³/mol. The Hall–Kier alpha value is -2.82. The van der Waals surface area contributed by atoms with Crippen molar-refractivity contribution in [3.8, 4) is 0 Å². The summed E-state index contributed by atoms with van der Waals surface area (Å²) in [6.45, 7) is 1.62. The molecule has 2 saturated heterocycles. The minimum Gasteiger partial charge on any atom is -0.548 e. The van der Waals surface area contributed by atoms with Gasteiger partial charge in [0.2, 0.25) is 12.5 Å². The van der Waals surface area contributed by atoms with E-state index in [2.05, 4.69) is 10.3 Å². The number of H-pyrrole nitrogens is 1. The van der Waals surface area contributed by atoms with Crippen LogP contribution >= 0.6 is 0 Å². The number of aliphatic carboxylic acids is 1. The van der Waals surface area contributed by atoms with Crippen molar-refractivity contribution < 1.29 is 32.4 Å². The van der Waals surface area contributed by atoms with Gasteiger partial charge in [-0.25, -0.2) is 8.42 Å². The Kier molecular flexibility index (Phi) is 3.81. The van der Waals surface area contributed by atoms with Gasteiger partial charge in [0.15, 0.2) is 28.4 Å². The Bertz CT molecular complexity index is 1020. The van der Waals surface area contributed by atoms with Gasteiger partial charge in [-0.1, -0.05) is 11.3 Å². The second-order valence-electron chi connectivity index (χ2n) is 7.05. The van der Waals surface area contributed by atoms with Gasteiger partial charge < -0.3 is 14.8 Å². The fourth-order valence-electron chi connectivity index (χ4n) is 3.86. The molecule has 2 fully saturated rings. The molecular weight excluding hydrogens is 374 g/mol. The van der Waals surface area contributed by atoms with Crippen LogP contribution in [-0.2, 0) is 32.5 Å². The number of fused-ring (bicyclic) bond motifs is 1. The monoisotopic (exact) mass is 392 g/mol. The summed E-state index contributed by atoms with van der Waals surface area (Å²) in [5.74, 6) is -2.06. The van der Waals surface area contributed by atoms with Gasteiger partial charge in [-0.05, 0) is 6.92 Å². The number of nitrogens with zero attached hydrogens (tertiary/aromatic N) is 4. The van der Waals surface area contributed by atoms with Crippen LogP contribution in [-0.4, -0.2) is 51.7 Å². The van der Waals surface area contributed by atoms with E-state index in [4.69, 9.17) is 0 Å². The van der Waals surface area contributed by atoms with E-state index in [0.717, 1.165) is 4.90 Å². The maximum absolute atomic E-state index is 12.9. The highest BCUT2D eigenvalue weighted by Crippen LogP contribution is 2.45. The smallest absolute Gasteiger partial charge is 0.282 e. The highest BCUT2D eigenvalue weighted by Gasteiger charge is 2.68. The minimum atomic E-state index is -3.89. The summed E-state index contributed by atoms with van der Waals surface area (Å²) >= 11 is 0. The summed E-state index contributed by atoms with van der Waals surface area (Å²) in [4.78, 5) is 24.4. The normalized spacial score (nSPS) is 28.6. The van der Waals surface area contributed by atoms with Gasteiger partial charge in [0.1, 0.15) is 16.7 Å². The molecular formula is C16H18N5O5S+. The summed E-state index contributed by atoms with van der Waals surface area (Å²) in [6, 6.07) is 4.10. The summed E-state index contributed by atoms with van der Waals surface area (Å²) < 4.78 is 27.4. The van der Waals surface area contributed by atoms with Crippen molar-refractivity contribution in [3.63, 3.8) is 0 Å². The quantitative estimate of drug-likeness (QED) is 0.424. The Morgan fingerprint density at radius 2 is 2.11 bits per heavy atom. The highest BCUT2D eigenvalue weighted by molar-refractivity contribution is 7.93. The molecule has 0 bridgehead atoms. The molecule has 2 aliphatic rings. The molecule has 3 atom stereocenters. The van der Waals surface area contributed by atoms with Crippen LogP contribution in [0.4, 0.5) is 0 Å². The maximum atomic E-state index is 12.9. The molecule has 0 aliphatic carbocycles. The number of sulfone groups is 1. The molecule has 1 amide bonds. The zero-order valence-corrected chi connectivity index (χ0v) is 15.3. The molecule has 0 saturated carbocycles. The van der Waals surface area contributed by atoms with Crippen molar-refractivity contribution in [2.75, 3.05) is 0 Å². The molecule has 1 N–H and O–H groups in total. The van der Waals surface area contributed by atoms with Crippen molar-refractivity contribution in [2.45, 2.75) is 42.6 Å². The molecule has 0 radical (unpaired) electrons. The Balaban J connectivity index is 1.63. The van der Waals surface area contributed by atoms with Crippen molar-refractivity contribution in [2.24, 2.45) is 0 Å². The lowest BCUT2D eigenvalue weighted by molar-refractivity contribution is -0.757. The fourth-order valence-corrected chi connectivity index (χ4v) is 6.22. The third-order valence-corrected chi connectivity index (χ3v) is 8.03. The van der Waals surface area contributed by atoms with E-state index in [-0.39, 0.29) is 13.0 Å². The van der Waals surface area contributed by atoms with Gasteiger partial charge in [-0.15, -0.1) is 0 Å². The topological polar surface area (TPSA) is 131 Å². The second-order valence-corrected chi connectivity index (χ2v) is 9.61. The molecule has 0 spiro atoms. The molecule has 2 aromatic rings. The lowest BCUT2D eigenvalue weighted by Crippen LogP contribution is -2.63. The van der Waals surface area contributed by atoms with E-state index in [0.29, 0.717) is 12.2 Å². The van der Waals surface area contributed by atoms with Gasteiger partial charge in [0.05, 0.1) is 18.4 Å². The summed E-state index contributed by atoms with van der Waals surface area (Å²) in [6.07, 6.45) is 5.17. The molecule has 4 rings (SSSR count). The first-order chi connectivity index (χ1) is 12.7. The number of amides is 1. The first kappa shape index (κ1) is 17.6. The average Bonchev–Trinajstić information content (AvgIpc) is 3.08. The average molecular weight is 392 g/mol. The van der Waals surface area contributed by atoms with Crippen molar-refractivity contribution in [1.29, 1.82) is 0 Å². The standard InChI is InChI=1S/C16H17N5O5S/c1-16(14(15(23)24)21-12(22)7-13(21)27(16,25)26)10-20-9-11(17-18-20)8-19-5-3-2-4-6-19/h2-6,9,13-14H,7-8,10H2,1H3/p+1/t13-,14+,16+/m1/s1. The summed E-state index contributed by atoms with van der Waals surface area (Å²) in [7, 11) is -3.89. The molecule has 2 aromatic heterocycles. The van der Waals surface area contributed by atoms with Crippen molar-refractivity contribution in [3.05, 3.63) is 42.5 Å². The Morgan fingerprint density at radius 3 is 2.74 bits per heavy atom. The number of carboxylic acids is 1. The van der Waals surface area contributed by atoms with E-state index in [1.807, 2.05) is 35.2 Å². The number of aromatic nitrogens is 4. The predicted octanol–water partition coefficient (Wildman–Crippen LogP) is -3.10. The van der Waals surface area contributed by atoms with Crippen LogP contribution in [0.2, 0.25) is 0 Å². The van der Waals surface area contributed by atoms with Gasteiger partial charge in [-0.2, -0.15) is 9.25 Å². The van der Waals surface area contributed by atoms with E-state index < -0.39 is 37.9 Å². The van der Waals surface area contributed by atoms with Crippen molar-refractivity contribution >= 4 is 21.7 Å². The number of rotatable bonds is 5. The first-order valence-electron chi connectivity index (χ1n) is 8.37. The number of pyridine rings is 1. The molecule has 142 valence electrons. The summed E-state index contributed by atoms with van der Waals surface area (Å²) in [5.41, 5.74) is 0.648. The second kappa shape index (κ2) is 5.84. The maximum Gasteiger partial charge on any atom is 0.282 e. The van der Waals surface area contributed by atoms with E-state index in [1.54, 1.807) is 6.20 Å². The number of carbonyl (C=O) groups excluding carboxylic acids is 2. The van der Waals surface area contributed by atoms with E-state index in [9.17, 15) is 23.1 Å². The van der Waals surface area contributed by atoms with Gasteiger partial charge in [0.25, 0.3) is 5.69 Å². The third kappa shape index (κ3) is 2.52. The summed E-state index contributed by atoms with van der Waals surface area (Å²) in [5, 5.41) is 17.4. The number of β-lactam (4-membered cyclic amide) rings is 1. The van der Waals surface area contributed by atoms with Crippen LogP contribution in [0.3, 0.4) is 0 Å². The van der Waals surface area contributed by atoms with Crippen LogP contribution in [0.1, 0.15) is 19.0 Å². The van der Waals surface area contributed by atoms with Crippen LogP contribution in [0.15, 0.2) is 36.8 Å². The van der Waals surface area contributed by atoms with Crippen LogP contribution in [0.25, 0.3) is 0 Å². The molecule has 2 aliphatic heterocycles. The largest absolute Gasteiger partial charge is 0.548 e. The van der Waals surface area contributed by atoms with Gasteiger partial charge in [0, 0.05) is 17.2 Å². The van der Waals surface area contributed by atoms with Crippen LogP contribution in [0.5, 0.6) is 0 Å². The van der Waals surface area contributed by atoms with Gasteiger partial charge in [-0.3, -0.25) is 4.79 Å². The molecule has 0 aromatic carbocycles. The fraction of sp³-hybridized carbons (Fsp3) is 0.438. The zero-order valence-electron chi connectivity index (χ0n) is 14.5. The van der Waals surface area contributed by atoms with Crippen LogP contribution < -0.4 is 14.4 Å². The lowest BCUT2D eigenvalue weighted by Gasteiger charge is -2.38. The number of hydrogen-bond donors (Lipinski definition) is 1. The molecule has 4 heterocycles. The van der Waals surface area contributed by atoms with Crippen molar-refractivity contribution in [1.82, 2.24) is 15.2 Å². The Morgan fingerprint density at radius 1 is 1.41 bits per heavy atom. The molecule has 11 heteroatoms. The molecule has 10 nitrogen and oxygen atoms in total. The number of carbonyl (C=O) groups is 2. The van der Waals surface area contributed by atoms with E-state index >= 15 is 0 Å². The van der Waals surface area contributed by atoms with Crippen LogP contribution in [0, 0.1) is 0 Å². The number of carboxylic acid groups (broad SMARTS) is 1. The number of aromatic amines is 1. The van der Waals surface area contributed by atoms with Gasteiger partial charge >= 0.3 is 0 Å². The zero-order chi connectivity index (χ0) is 19.4. The SMILES string of the molecule is C[C@]1(C[n+]2cc(C[n+]3ccccc3)n[nH]2)[C@H](C(=O)[O-])N2C(=O)C[C@H]2S1(=O)=O. The number of nitrogens with one attached hydrogen (secondary N) is 1. The minimum absolute atomic E-state index is 0.180.